The molecule has 0 aliphatic carbocycles. The van der Waals surface area contributed by atoms with E-state index in [0.717, 1.165) is 39.6 Å². The van der Waals surface area contributed by atoms with Crippen molar-refractivity contribution in [2.75, 3.05) is 13.7 Å². The molecule has 9 nitrogen and oxygen atoms in total. The lowest BCUT2D eigenvalue weighted by atomic mass is 10.1. The Kier molecular flexibility index (Phi) is 8.63. The Bertz CT molecular complexity index is 1340. The minimum absolute atomic E-state index is 0.00389. The van der Waals surface area contributed by atoms with Crippen LogP contribution < -0.4 is 10.2 Å². The van der Waals surface area contributed by atoms with Crippen LogP contribution in [0.25, 0.3) is 21.6 Å². The van der Waals surface area contributed by atoms with Crippen molar-refractivity contribution in [1.82, 2.24) is 14.9 Å². The number of nitrogens with one attached hydrogen (secondary N) is 1. The van der Waals surface area contributed by atoms with E-state index in [-0.39, 0.29) is 5.43 Å². The molecule has 10 heteroatoms. The number of pyridine rings is 1. The molecule has 1 unspecified atom stereocenters. The van der Waals surface area contributed by atoms with Gasteiger partial charge in [-0.25, -0.2) is 14.6 Å². The molecule has 0 radical (unpaired) electrons. The van der Waals surface area contributed by atoms with Crippen LogP contribution in [0.15, 0.2) is 28.4 Å². The van der Waals surface area contributed by atoms with Crippen molar-refractivity contribution in [3.05, 3.63) is 45.1 Å². The first-order chi connectivity index (χ1) is 17.3. The Hall–Kier alpha value is -3.40. The monoisotopic (exact) mass is 529 g/mol. The van der Waals surface area contributed by atoms with Crippen LogP contribution in [0.3, 0.4) is 0 Å². The fraction of sp³-hybridized carbons (Fsp3) is 0.481. The lowest BCUT2D eigenvalue weighted by Gasteiger charge is -2.26. The molecule has 0 saturated carbocycles. The number of rotatable bonds is 4. The largest absolute Gasteiger partial charge is 0.496 e. The molecule has 37 heavy (non-hydrogen) atoms. The second kappa shape index (κ2) is 11.3. The number of thiazole rings is 1. The third-order valence-corrected chi connectivity index (χ3v) is 6.84. The van der Waals surface area contributed by atoms with Gasteiger partial charge in [0.05, 0.1) is 24.0 Å². The first kappa shape index (κ1) is 28.2. The van der Waals surface area contributed by atoms with Gasteiger partial charge in [0, 0.05) is 28.9 Å². The Morgan fingerprint density at radius 2 is 1.97 bits per heavy atom. The summed E-state index contributed by atoms with van der Waals surface area (Å²) in [6.07, 6.45) is 0.692. The van der Waals surface area contributed by atoms with E-state index in [4.69, 9.17) is 14.6 Å². The molecule has 0 bridgehead atoms. The molecular weight excluding hydrogens is 494 g/mol. The standard InChI is InChI=1S/C17H18N2O2S.C10H17NO4/c1-9(2)13-8-22-17(19-13)12-7-14(20)11-5-6-15(21-4)10(3)16(11)18-12;1-10(2,3)15-9(14)11-6-4-5-7(11)8(12)13/h5-9H,1-4H3,(H,18,20);7H,4-6H2,1-3H3,(H,12,13). The molecule has 4 rings (SSSR count). The molecule has 1 aliphatic rings. The number of amides is 1. The summed E-state index contributed by atoms with van der Waals surface area (Å²) in [5.41, 5.74) is 2.95. The summed E-state index contributed by atoms with van der Waals surface area (Å²) < 4.78 is 10.5. The lowest BCUT2D eigenvalue weighted by molar-refractivity contribution is -0.142. The average molecular weight is 530 g/mol. The summed E-state index contributed by atoms with van der Waals surface area (Å²) in [5.74, 6) is 0.180. The second-order valence-corrected chi connectivity index (χ2v) is 11.1. The van der Waals surface area contributed by atoms with Crippen LogP contribution in [0.5, 0.6) is 5.75 Å². The van der Waals surface area contributed by atoms with Crippen molar-refractivity contribution >= 4 is 34.3 Å². The van der Waals surface area contributed by atoms with Crippen LogP contribution in [-0.2, 0) is 9.53 Å². The molecular formula is C27H35N3O6S. The molecule has 2 aromatic heterocycles. The van der Waals surface area contributed by atoms with E-state index in [1.807, 2.05) is 18.4 Å². The Balaban J connectivity index is 0.000000222. The summed E-state index contributed by atoms with van der Waals surface area (Å²) in [6.45, 7) is 11.9. The van der Waals surface area contributed by atoms with E-state index in [1.165, 1.54) is 4.90 Å². The number of methoxy groups -OCH3 is 1. The number of carboxylic acid groups (broad SMARTS) is 1. The van der Waals surface area contributed by atoms with E-state index in [2.05, 4.69) is 23.8 Å². The number of nitrogens with zero attached hydrogens (tertiary/aromatic N) is 2. The molecule has 3 heterocycles. The van der Waals surface area contributed by atoms with Gasteiger partial charge in [-0.3, -0.25) is 9.69 Å². The van der Waals surface area contributed by atoms with Crippen LogP contribution in [0.2, 0.25) is 0 Å². The highest BCUT2D eigenvalue weighted by atomic mass is 32.1. The molecule has 3 aromatic rings. The fourth-order valence-electron chi connectivity index (χ4n) is 4.01. The Morgan fingerprint density at radius 3 is 2.54 bits per heavy atom. The predicted molar refractivity (Wildman–Crippen MR) is 145 cm³/mol. The number of hydrogen-bond acceptors (Lipinski definition) is 7. The van der Waals surface area contributed by atoms with Gasteiger partial charge in [0.15, 0.2) is 5.43 Å². The van der Waals surface area contributed by atoms with E-state index >= 15 is 0 Å². The normalized spacial score (nSPS) is 15.5. The number of likely N-dealkylation sites (tertiary alicyclic amines) is 1. The van der Waals surface area contributed by atoms with Gasteiger partial charge in [-0.2, -0.15) is 0 Å². The zero-order valence-electron chi connectivity index (χ0n) is 22.4. The first-order valence-electron chi connectivity index (χ1n) is 12.2. The number of fused-ring (bicyclic) bond motifs is 1. The maximum Gasteiger partial charge on any atom is 0.411 e. The molecule has 1 fully saturated rings. The van der Waals surface area contributed by atoms with Gasteiger partial charge >= 0.3 is 12.1 Å². The SMILES string of the molecule is CC(C)(C)OC(=O)N1CCCC1C(=O)O.COc1ccc2c(=O)cc(-c3nc(C(C)C)cs3)[nH]c2c1C. The summed E-state index contributed by atoms with van der Waals surface area (Å²) in [4.78, 5) is 44.1. The van der Waals surface area contributed by atoms with Crippen molar-refractivity contribution in [3.8, 4) is 16.5 Å². The summed E-state index contributed by atoms with van der Waals surface area (Å²) in [6, 6.07) is 4.52. The molecule has 2 N–H and O–H groups in total. The zero-order valence-corrected chi connectivity index (χ0v) is 23.2. The number of hydrogen-bond donors (Lipinski definition) is 2. The topological polar surface area (TPSA) is 122 Å². The minimum Gasteiger partial charge on any atom is -0.496 e. The number of aliphatic carboxylic acids is 1. The molecule has 200 valence electrons. The predicted octanol–water partition coefficient (Wildman–Crippen LogP) is 5.56. The van der Waals surface area contributed by atoms with E-state index in [9.17, 15) is 14.4 Å². The van der Waals surface area contributed by atoms with Gasteiger partial charge < -0.3 is 19.6 Å². The maximum absolute atomic E-state index is 12.4. The smallest absolute Gasteiger partial charge is 0.411 e. The van der Waals surface area contributed by atoms with Crippen molar-refractivity contribution in [2.45, 2.75) is 71.9 Å². The van der Waals surface area contributed by atoms with Crippen molar-refractivity contribution in [3.63, 3.8) is 0 Å². The molecule has 1 aromatic carbocycles. The van der Waals surface area contributed by atoms with Gasteiger partial charge in [-0.15, -0.1) is 11.3 Å². The van der Waals surface area contributed by atoms with Crippen molar-refractivity contribution < 1.29 is 24.2 Å². The molecule has 0 spiro atoms. The zero-order chi connectivity index (χ0) is 27.5. The van der Waals surface area contributed by atoms with Gasteiger partial charge in [0.25, 0.3) is 0 Å². The quantitative estimate of drug-likeness (QED) is 0.453. The summed E-state index contributed by atoms with van der Waals surface area (Å²) in [5, 5.41) is 12.4. The van der Waals surface area contributed by atoms with Crippen LogP contribution in [-0.4, -0.2) is 57.3 Å². The van der Waals surface area contributed by atoms with E-state index < -0.39 is 23.7 Å². The highest BCUT2D eigenvalue weighted by molar-refractivity contribution is 7.13. The van der Waals surface area contributed by atoms with E-state index in [1.54, 1.807) is 51.4 Å². The van der Waals surface area contributed by atoms with Crippen LogP contribution in [0.1, 0.15) is 64.6 Å². The van der Waals surface area contributed by atoms with Gasteiger partial charge in [-0.05, 0) is 58.6 Å². The maximum atomic E-state index is 12.4. The number of aryl methyl sites for hydroxylation is 1. The summed E-state index contributed by atoms with van der Waals surface area (Å²) in [7, 11) is 1.63. The van der Waals surface area contributed by atoms with Crippen molar-refractivity contribution in [1.29, 1.82) is 0 Å². The average Bonchev–Trinajstić information content (AvgIpc) is 3.49. The number of benzene rings is 1. The number of carbonyl (C=O) groups is 2. The number of aromatic amines is 1. The number of carboxylic acids is 1. The third kappa shape index (κ3) is 6.68. The Morgan fingerprint density at radius 1 is 1.27 bits per heavy atom. The lowest BCUT2D eigenvalue weighted by Crippen LogP contribution is -2.43. The Labute approximate surface area is 220 Å². The van der Waals surface area contributed by atoms with Gasteiger partial charge in [-0.1, -0.05) is 13.8 Å². The number of H-pyrrole nitrogens is 1. The summed E-state index contributed by atoms with van der Waals surface area (Å²) >= 11 is 1.55. The van der Waals surface area contributed by atoms with Crippen molar-refractivity contribution in [2.24, 2.45) is 0 Å². The molecule has 1 aliphatic heterocycles. The van der Waals surface area contributed by atoms with Crippen LogP contribution in [0.4, 0.5) is 4.79 Å². The van der Waals surface area contributed by atoms with Crippen LogP contribution in [0, 0.1) is 6.92 Å². The first-order valence-corrected chi connectivity index (χ1v) is 13.1. The van der Waals surface area contributed by atoms with Gasteiger partial charge in [0.2, 0.25) is 0 Å². The second-order valence-electron chi connectivity index (χ2n) is 10.3. The van der Waals surface area contributed by atoms with Crippen LogP contribution >= 0.6 is 11.3 Å². The van der Waals surface area contributed by atoms with Gasteiger partial charge in [0.1, 0.15) is 22.4 Å². The molecule has 1 atom stereocenters. The third-order valence-electron chi connectivity index (χ3n) is 5.95. The molecule has 1 amide bonds. The highest BCUT2D eigenvalue weighted by Crippen LogP contribution is 2.29. The minimum atomic E-state index is -0.960. The molecule has 1 saturated heterocycles. The number of aromatic nitrogens is 2. The fourth-order valence-corrected chi connectivity index (χ4v) is 4.96. The highest BCUT2D eigenvalue weighted by Gasteiger charge is 2.36. The number of carbonyl (C=O) groups excluding carboxylic acids is 1. The van der Waals surface area contributed by atoms with E-state index in [0.29, 0.717) is 24.3 Å². The number of ether oxygens (including phenoxy) is 2.